The van der Waals surface area contributed by atoms with Crippen molar-refractivity contribution in [3.8, 4) is 0 Å². The number of ketones is 2. The maximum atomic E-state index is 11.6. The number of fused-ring (bicyclic) bond motifs is 1. The molecule has 10 heteroatoms. The minimum Gasteiger partial charge on any atom is -0.378 e. The Morgan fingerprint density at radius 1 is 0.567 bits per heavy atom. The number of hydrogen-bond donors (Lipinski definition) is 0. The van der Waals surface area contributed by atoms with Crippen LogP contribution in [-0.2, 0) is 35.0 Å². The van der Waals surface area contributed by atoms with Crippen LogP contribution < -0.4 is 0 Å². The lowest BCUT2D eigenvalue weighted by atomic mass is 9.78. The number of aryl methyl sites for hydroxylation is 1. The number of hydrogen-bond acceptors (Lipinski definition) is 10. The molecule has 326 valence electrons. The van der Waals surface area contributed by atoms with Gasteiger partial charge >= 0.3 is 0 Å². The SMILES string of the molecule is C1=C(N2CCOCC2)CCc2ccccc21.CC/C(=C/c1ccccc1)N1CCOCC1.CC1(C)CC(=O)C=C(N2CCOCC2)C1.O=C1C=C(N2CCOCC2)CCC1. The van der Waals surface area contributed by atoms with Crippen LogP contribution >= 0.6 is 0 Å². The molecule has 4 fully saturated rings. The third-order valence-corrected chi connectivity index (χ3v) is 12.0. The molecular weight excluding hydrogens is 753 g/mol. The highest BCUT2D eigenvalue weighted by molar-refractivity contribution is 5.92. The van der Waals surface area contributed by atoms with Crippen LogP contribution in [0.25, 0.3) is 12.2 Å². The predicted molar refractivity (Wildman–Crippen MR) is 240 cm³/mol. The van der Waals surface area contributed by atoms with Crippen molar-refractivity contribution in [2.24, 2.45) is 5.41 Å². The molecule has 0 N–H and O–H groups in total. The fraction of sp³-hybridized carbons (Fsp3) is 0.560. The van der Waals surface area contributed by atoms with Gasteiger partial charge in [0.15, 0.2) is 11.6 Å². The molecule has 0 amide bonds. The van der Waals surface area contributed by atoms with Crippen molar-refractivity contribution < 1.29 is 28.5 Å². The van der Waals surface area contributed by atoms with Crippen molar-refractivity contribution in [2.45, 2.75) is 72.1 Å². The van der Waals surface area contributed by atoms with Crippen molar-refractivity contribution in [1.82, 2.24) is 19.6 Å². The lowest BCUT2D eigenvalue weighted by molar-refractivity contribution is -0.117. The van der Waals surface area contributed by atoms with Gasteiger partial charge in [0.25, 0.3) is 0 Å². The zero-order valence-corrected chi connectivity index (χ0v) is 36.7. The van der Waals surface area contributed by atoms with E-state index in [0.29, 0.717) is 6.42 Å². The molecule has 7 aliphatic rings. The van der Waals surface area contributed by atoms with Gasteiger partial charge in [-0.3, -0.25) is 9.59 Å². The summed E-state index contributed by atoms with van der Waals surface area (Å²) in [5, 5.41) is 0. The molecule has 0 unspecified atom stereocenters. The van der Waals surface area contributed by atoms with Crippen LogP contribution in [0, 0.1) is 5.41 Å². The van der Waals surface area contributed by atoms with E-state index in [2.05, 4.69) is 107 Å². The third-order valence-electron chi connectivity index (χ3n) is 12.0. The van der Waals surface area contributed by atoms with E-state index in [4.69, 9.17) is 18.9 Å². The highest BCUT2D eigenvalue weighted by Crippen LogP contribution is 2.35. The summed E-state index contributed by atoms with van der Waals surface area (Å²) in [6.45, 7) is 21.0. The summed E-state index contributed by atoms with van der Waals surface area (Å²) < 4.78 is 21.3. The summed E-state index contributed by atoms with van der Waals surface area (Å²) in [5.74, 6) is 0.556. The van der Waals surface area contributed by atoms with Crippen LogP contribution in [0.15, 0.2) is 89.5 Å². The molecule has 0 bridgehead atoms. The van der Waals surface area contributed by atoms with Crippen molar-refractivity contribution in [3.63, 3.8) is 0 Å². The van der Waals surface area contributed by atoms with Crippen LogP contribution in [0.1, 0.15) is 82.4 Å². The van der Waals surface area contributed by atoms with Crippen LogP contribution in [0.5, 0.6) is 0 Å². The van der Waals surface area contributed by atoms with Gasteiger partial charge in [-0.15, -0.1) is 0 Å². The highest BCUT2D eigenvalue weighted by Gasteiger charge is 2.30. The molecule has 9 rings (SSSR count). The summed E-state index contributed by atoms with van der Waals surface area (Å²) in [5.41, 5.74) is 9.62. The number of morpholine rings is 4. The monoisotopic (exact) mass is 823 g/mol. The average molecular weight is 823 g/mol. The summed E-state index contributed by atoms with van der Waals surface area (Å²) in [6.07, 6.45) is 16.2. The Labute approximate surface area is 359 Å². The van der Waals surface area contributed by atoms with Crippen molar-refractivity contribution in [2.75, 3.05) is 105 Å². The Hall–Kier alpha value is -4.22. The molecule has 0 aromatic heterocycles. The highest BCUT2D eigenvalue weighted by atomic mass is 16.5. The predicted octanol–water partition coefficient (Wildman–Crippen LogP) is 7.62. The normalized spacial score (nSPS) is 22.0. The Kier molecular flexibility index (Phi) is 17.9. The van der Waals surface area contributed by atoms with Crippen LogP contribution in [-0.4, -0.2) is 136 Å². The summed E-state index contributed by atoms with van der Waals surface area (Å²) in [6, 6.07) is 19.2. The van der Waals surface area contributed by atoms with Gasteiger partial charge in [-0.05, 0) is 72.8 Å². The van der Waals surface area contributed by atoms with E-state index < -0.39 is 0 Å². The molecule has 0 spiro atoms. The minimum atomic E-state index is 0.124. The number of benzene rings is 2. The van der Waals surface area contributed by atoms with Gasteiger partial charge in [0.2, 0.25) is 0 Å². The minimum absolute atomic E-state index is 0.124. The third kappa shape index (κ3) is 14.5. The first-order valence-corrected chi connectivity index (χ1v) is 22.6. The second-order valence-electron chi connectivity index (χ2n) is 17.2. The standard InChI is InChI=1S/C14H17NO.C14H19NO.C12H19NO2.C10H15NO2/c1-2-4-13-11-14(6-5-12(13)3-1)15-7-9-16-10-8-15;1-2-14(15-8-10-16-11-9-15)12-13-6-4-3-5-7-13;1-12(2)8-10(7-11(14)9-12)13-3-5-15-6-4-13;12-10-3-1-2-9(8-10)11-4-6-13-7-5-11/h1-4,11H,5-10H2;3-7,12H,2,8-11H2,1H3;7H,3-6,8-9H2,1-2H3;8H,1-7H2/b;14-12-;;. The van der Waals surface area contributed by atoms with Gasteiger partial charge in [0.1, 0.15) is 0 Å². The first-order valence-electron chi connectivity index (χ1n) is 22.6. The van der Waals surface area contributed by atoms with Crippen LogP contribution in [0.2, 0.25) is 0 Å². The van der Waals surface area contributed by atoms with E-state index in [-0.39, 0.29) is 17.0 Å². The van der Waals surface area contributed by atoms with E-state index in [0.717, 1.165) is 137 Å². The summed E-state index contributed by atoms with van der Waals surface area (Å²) in [7, 11) is 0. The molecule has 4 heterocycles. The molecule has 60 heavy (non-hydrogen) atoms. The fourth-order valence-electron chi connectivity index (χ4n) is 8.77. The second-order valence-corrected chi connectivity index (χ2v) is 17.2. The van der Waals surface area contributed by atoms with Crippen molar-refractivity contribution in [1.29, 1.82) is 0 Å². The molecule has 4 aliphatic heterocycles. The van der Waals surface area contributed by atoms with Gasteiger partial charge in [-0.1, -0.05) is 75.4 Å². The average Bonchev–Trinajstić information content (AvgIpc) is 3.29. The Bertz CT molecular complexity index is 1760. The molecule has 3 aliphatic carbocycles. The summed E-state index contributed by atoms with van der Waals surface area (Å²) >= 11 is 0. The molecule has 0 atom stereocenters. The van der Waals surface area contributed by atoms with Crippen molar-refractivity contribution in [3.05, 3.63) is 106 Å². The van der Waals surface area contributed by atoms with Crippen LogP contribution in [0.4, 0.5) is 0 Å². The van der Waals surface area contributed by atoms with E-state index in [1.807, 2.05) is 12.2 Å². The Morgan fingerprint density at radius 2 is 1.08 bits per heavy atom. The maximum absolute atomic E-state index is 11.6. The van der Waals surface area contributed by atoms with Gasteiger partial charge in [0.05, 0.1) is 52.9 Å². The van der Waals surface area contributed by atoms with E-state index in [1.165, 1.54) is 52.3 Å². The van der Waals surface area contributed by atoms with E-state index in [9.17, 15) is 9.59 Å². The zero-order chi connectivity index (χ0) is 42.0. The lowest BCUT2D eigenvalue weighted by Crippen LogP contribution is -2.38. The number of carbonyl (C=O) groups is 2. The number of rotatable bonds is 6. The van der Waals surface area contributed by atoms with Gasteiger partial charge in [-0.2, -0.15) is 0 Å². The summed E-state index contributed by atoms with van der Waals surface area (Å²) in [4.78, 5) is 32.3. The topological polar surface area (TPSA) is 84.0 Å². The lowest BCUT2D eigenvalue weighted by Gasteiger charge is -2.37. The Morgan fingerprint density at radius 3 is 1.65 bits per heavy atom. The number of carbonyl (C=O) groups excluding carboxylic acids is 2. The second kappa shape index (κ2) is 23.7. The fourth-order valence-corrected chi connectivity index (χ4v) is 8.77. The van der Waals surface area contributed by atoms with Gasteiger partial charge in [-0.25, -0.2) is 0 Å². The smallest absolute Gasteiger partial charge is 0.157 e. The zero-order valence-electron chi connectivity index (χ0n) is 36.7. The maximum Gasteiger partial charge on any atom is 0.157 e. The Balaban J connectivity index is 0.000000135. The molecule has 10 nitrogen and oxygen atoms in total. The van der Waals surface area contributed by atoms with E-state index in [1.54, 1.807) is 0 Å². The molecule has 2 aromatic rings. The molecule has 0 saturated carbocycles. The van der Waals surface area contributed by atoms with Crippen LogP contribution in [0.3, 0.4) is 0 Å². The molecule has 2 aromatic carbocycles. The van der Waals surface area contributed by atoms with E-state index >= 15 is 0 Å². The molecule has 0 radical (unpaired) electrons. The quantitative estimate of drug-likeness (QED) is 0.290. The molecular formula is C50H70N4O6. The first-order chi connectivity index (χ1) is 29.3. The number of ether oxygens (including phenoxy) is 4. The first kappa shape index (κ1) is 45.3. The van der Waals surface area contributed by atoms with Gasteiger partial charge < -0.3 is 38.5 Å². The molecule has 4 saturated heterocycles. The number of allylic oxidation sites excluding steroid dienone is 6. The largest absolute Gasteiger partial charge is 0.378 e. The number of nitrogens with zero attached hydrogens (tertiary/aromatic N) is 4. The van der Waals surface area contributed by atoms with Crippen molar-refractivity contribution >= 4 is 23.7 Å². The van der Waals surface area contributed by atoms with Gasteiger partial charge in [0, 0.05) is 100 Å².